The van der Waals surface area contributed by atoms with E-state index >= 15 is 0 Å². The lowest BCUT2D eigenvalue weighted by atomic mass is 9.97. The van der Waals surface area contributed by atoms with Crippen LogP contribution in [0.4, 0.5) is 0 Å². The van der Waals surface area contributed by atoms with Crippen LogP contribution in [0.2, 0.25) is 0 Å². The highest BCUT2D eigenvalue weighted by Crippen LogP contribution is 2.38. The highest BCUT2D eigenvalue weighted by Gasteiger charge is 2.52. The topological polar surface area (TPSA) is 41.6 Å². The summed E-state index contributed by atoms with van der Waals surface area (Å²) in [5, 5.41) is 3.72. The number of hydrogen-bond acceptors (Lipinski definition) is 3. The zero-order valence-electron chi connectivity index (χ0n) is 13.7. The SMILES string of the molecule is CC(C)CC1NC2(CCCC2)C(=O)N1CC1CCOC1C. The average molecular weight is 294 g/mol. The van der Waals surface area contributed by atoms with E-state index in [0.717, 1.165) is 38.8 Å². The lowest BCUT2D eigenvalue weighted by molar-refractivity contribution is -0.134. The molecule has 21 heavy (non-hydrogen) atoms. The summed E-state index contributed by atoms with van der Waals surface area (Å²) in [4.78, 5) is 15.2. The van der Waals surface area contributed by atoms with Gasteiger partial charge in [-0.15, -0.1) is 0 Å². The molecule has 1 N–H and O–H groups in total. The van der Waals surface area contributed by atoms with Gasteiger partial charge in [0.15, 0.2) is 0 Å². The second-order valence-electron chi connectivity index (χ2n) is 7.66. The molecule has 4 nitrogen and oxygen atoms in total. The Hall–Kier alpha value is -0.610. The van der Waals surface area contributed by atoms with E-state index in [0.29, 0.717) is 17.7 Å². The molecule has 1 spiro atoms. The van der Waals surface area contributed by atoms with Gasteiger partial charge in [-0.05, 0) is 38.5 Å². The number of amides is 1. The van der Waals surface area contributed by atoms with E-state index < -0.39 is 0 Å². The number of hydrogen-bond donors (Lipinski definition) is 1. The van der Waals surface area contributed by atoms with Crippen molar-refractivity contribution in [2.45, 2.75) is 77.1 Å². The first-order valence-corrected chi connectivity index (χ1v) is 8.72. The maximum absolute atomic E-state index is 13.0. The van der Waals surface area contributed by atoms with E-state index in [2.05, 4.69) is 31.0 Å². The molecule has 0 aromatic carbocycles. The Morgan fingerprint density at radius 1 is 1.38 bits per heavy atom. The van der Waals surface area contributed by atoms with Crippen molar-refractivity contribution in [1.29, 1.82) is 0 Å². The van der Waals surface area contributed by atoms with Crippen LogP contribution in [0.15, 0.2) is 0 Å². The second kappa shape index (κ2) is 5.88. The quantitative estimate of drug-likeness (QED) is 0.866. The van der Waals surface area contributed by atoms with E-state index in [9.17, 15) is 4.79 Å². The first kappa shape index (κ1) is 15.3. The minimum atomic E-state index is -0.234. The molecule has 120 valence electrons. The number of ether oxygens (including phenoxy) is 1. The molecule has 2 saturated heterocycles. The highest BCUT2D eigenvalue weighted by atomic mass is 16.5. The Kier molecular flexibility index (Phi) is 4.28. The summed E-state index contributed by atoms with van der Waals surface area (Å²) >= 11 is 0. The Morgan fingerprint density at radius 3 is 2.67 bits per heavy atom. The molecule has 0 aromatic heterocycles. The predicted octanol–water partition coefficient (Wildman–Crippen LogP) is 2.53. The molecule has 0 aromatic rings. The molecule has 3 fully saturated rings. The fourth-order valence-corrected chi connectivity index (χ4v) is 4.32. The number of nitrogens with one attached hydrogen (secondary N) is 1. The molecule has 0 radical (unpaired) electrons. The van der Waals surface area contributed by atoms with Crippen molar-refractivity contribution < 1.29 is 9.53 Å². The lowest BCUT2D eigenvalue weighted by Gasteiger charge is -2.29. The third-order valence-corrected chi connectivity index (χ3v) is 5.61. The second-order valence-corrected chi connectivity index (χ2v) is 7.66. The molecule has 2 aliphatic heterocycles. The van der Waals surface area contributed by atoms with Gasteiger partial charge < -0.3 is 9.64 Å². The van der Waals surface area contributed by atoms with Crippen molar-refractivity contribution >= 4 is 5.91 Å². The van der Waals surface area contributed by atoms with E-state index in [4.69, 9.17) is 4.74 Å². The Bertz CT molecular complexity index is 390. The lowest BCUT2D eigenvalue weighted by Crippen LogP contribution is -2.45. The summed E-state index contributed by atoms with van der Waals surface area (Å²) in [6.07, 6.45) is 7.07. The predicted molar refractivity (Wildman–Crippen MR) is 82.8 cm³/mol. The van der Waals surface area contributed by atoms with Gasteiger partial charge in [-0.2, -0.15) is 0 Å². The number of nitrogens with zero attached hydrogens (tertiary/aromatic N) is 1. The molecule has 1 aliphatic carbocycles. The zero-order chi connectivity index (χ0) is 15.0. The summed E-state index contributed by atoms with van der Waals surface area (Å²) in [5.74, 6) is 1.47. The Morgan fingerprint density at radius 2 is 2.10 bits per heavy atom. The molecule has 1 saturated carbocycles. The molecule has 3 aliphatic rings. The van der Waals surface area contributed by atoms with Crippen LogP contribution in [0.3, 0.4) is 0 Å². The van der Waals surface area contributed by atoms with E-state index in [1.54, 1.807) is 0 Å². The van der Waals surface area contributed by atoms with Gasteiger partial charge in [-0.25, -0.2) is 0 Å². The van der Waals surface area contributed by atoms with E-state index in [1.807, 2.05) is 0 Å². The van der Waals surface area contributed by atoms with Crippen molar-refractivity contribution in [3.05, 3.63) is 0 Å². The van der Waals surface area contributed by atoms with Gasteiger partial charge in [0.2, 0.25) is 5.91 Å². The molecule has 0 bridgehead atoms. The van der Waals surface area contributed by atoms with Crippen molar-refractivity contribution in [1.82, 2.24) is 10.2 Å². The standard InChI is InChI=1S/C17H30N2O2/c1-12(2)10-15-18-17(7-4-5-8-17)16(20)19(15)11-14-6-9-21-13(14)3/h12-15,18H,4-11H2,1-3H3. The maximum Gasteiger partial charge on any atom is 0.244 e. The maximum atomic E-state index is 13.0. The van der Waals surface area contributed by atoms with Crippen LogP contribution in [-0.2, 0) is 9.53 Å². The van der Waals surface area contributed by atoms with Gasteiger partial charge >= 0.3 is 0 Å². The summed E-state index contributed by atoms with van der Waals surface area (Å²) < 4.78 is 5.69. The van der Waals surface area contributed by atoms with Crippen LogP contribution < -0.4 is 5.32 Å². The van der Waals surface area contributed by atoms with Crippen LogP contribution >= 0.6 is 0 Å². The summed E-state index contributed by atoms with van der Waals surface area (Å²) in [6.45, 7) is 8.35. The van der Waals surface area contributed by atoms with E-state index in [1.165, 1.54) is 12.8 Å². The van der Waals surface area contributed by atoms with Crippen LogP contribution in [0, 0.1) is 11.8 Å². The average Bonchev–Trinajstić information content (AvgIpc) is 3.09. The van der Waals surface area contributed by atoms with Crippen LogP contribution in [-0.4, -0.2) is 41.8 Å². The zero-order valence-corrected chi connectivity index (χ0v) is 13.7. The van der Waals surface area contributed by atoms with Crippen molar-refractivity contribution in [3.8, 4) is 0 Å². The normalized spacial score (nSPS) is 35.5. The highest BCUT2D eigenvalue weighted by molar-refractivity contribution is 5.89. The Balaban J connectivity index is 1.75. The monoisotopic (exact) mass is 294 g/mol. The number of carbonyl (C=O) groups is 1. The van der Waals surface area contributed by atoms with Gasteiger partial charge in [0, 0.05) is 19.1 Å². The molecular weight excluding hydrogens is 264 g/mol. The van der Waals surface area contributed by atoms with Gasteiger partial charge in [0.05, 0.1) is 17.8 Å². The molecule has 2 heterocycles. The molecule has 1 amide bonds. The van der Waals surface area contributed by atoms with Crippen molar-refractivity contribution in [3.63, 3.8) is 0 Å². The fourth-order valence-electron chi connectivity index (χ4n) is 4.32. The van der Waals surface area contributed by atoms with Gasteiger partial charge in [-0.1, -0.05) is 26.7 Å². The van der Waals surface area contributed by atoms with Crippen molar-refractivity contribution in [2.24, 2.45) is 11.8 Å². The smallest absolute Gasteiger partial charge is 0.244 e. The van der Waals surface area contributed by atoms with Gasteiger partial charge in [0.1, 0.15) is 0 Å². The van der Waals surface area contributed by atoms with Crippen LogP contribution in [0.1, 0.15) is 59.3 Å². The van der Waals surface area contributed by atoms with Gasteiger partial charge in [-0.3, -0.25) is 10.1 Å². The third-order valence-electron chi connectivity index (χ3n) is 5.61. The Labute approximate surface area is 128 Å². The fraction of sp³-hybridized carbons (Fsp3) is 0.941. The summed E-state index contributed by atoms with van der Waals surface area (Å²) in [6, 6.07) is 0. The molecule has 3 rings (SSSR count). The molecule has 3 unspecified atom stereocenters. The molecular formula is C17H30N2O2. The van der Waals surface area contributed by atoms with E-state index in [-0.39, 0.29) is 17.8 Å². The first-order valence-electron chi connectivity index (χ1n) is 8.72. The summed E-state index contributed by atoms with van der Waals surface area (Å²) in [5.41, 5.74) is -0.234. The largest absolute Gasteiger partial charge is 0.378 e. The van der Waals surface area contributed by atoms with Crippen LogP contribution in [0.25, 0.3) is 0 Å². The molecule has 4 heteroatoms. The van der Waals surface area contributed by atoms with Gasteiger partial charge in [0.25, 0.3) is 0 Å². The van der Waals surface area contributed by atoms with Crippen molar-refractivity contribution in [2.75, 3.05) is 13.2 Å². The van der Waals surface area contributed by atoms with Crippen LogP contribution in [0.5, 0.6) is 0 Å². The molecule has 3 atom stereocenters. The number of rotatable bonds is 4. The summed E-state index contributed by atoms with van der Waals surface area (Å²) in [7, 11) is 0. The minimum Gasteiger partial charge on any atom is -0.378 e. The number of carbonyl (C=O) groups excluding carboxylic acids is 1. The third kappa shape index (κ3) is 2.85. The minimum absolute atomic E-state index is 0.225. The first-order chi connectivity index (χ1) is 10.0.